The van der Waals surface area contributed by atoms with Gasteiger partial charge in [0, 0.05) is 31.4 Å². The molecule has 0 spiro atoms. The lowest BCUT2D eigenvalue weighted by atomic mass is 9.83. The Morgan fingerprint density at radius 1 is 1.19 bits per heavy atom. The Hall–Kier alpha value is -2.63. The van der Waals surface area contributed by atoms with E-state index in [2.05, 4.69) is 10.2 Å². The fourth-order valence-electron chi connectivity index (χ4n) is 4.44. The van der Waals surface area contributed by atoms with E-state index in [9.17, 15) is 9.59 Å². The van der Waals surface area contributed by atoms with E-state index in [1.54, 1.807) is 0 Å². The molecule has 1 aromatic heterocycles. The van der Waals surface area contributed by atoms with Gasteiger partial charge in [0.25, 0.3) is 5.91 Å². The van der Waals surface area contributed by atoms with E-state index in [0.717, 1.165) is 50.2 Å². The lowest BCUT2D eigenvalue weighted by Gasteiger charge is -2.47. The molecule has 2 fully saturated rings. The van der Waals surface area contributed by atoms with Gasteiger partial charge in [-0.25, -0.2) is 0 Å². The van der Waals surface area contributed by atoms with Crippen molar-refractivity contribution in [3.05, 3.63) is 53.3 Å². The minimum atomic E-state index is 0.0121. The first-order chi connectivity index (χ1) is 13.1. The first-order valence-corrected chi connectivity index (χ1v) is 9.76. The van der Waals surface area contributed by atoms with Gasteiger partial charge in [0.2, 0.25) is 5.91 Å². The number of aromatic nitrogens is 2. The molecule has 3 heterocycles. The van der Waals surface area contributed by atoms with Crippen molar-refractivity contribution < 1.29 is 9.59 Å². The number of fused-ring (bicyclic) bond motifs is 1. The van der Waals surface area contributed by atoms with Gasteiger partial charge in [-0.05, 0) is 43.7 Å². The number of likely N-dealkylation sites (tertiary alicyclic amines) is 2. The fourth-order valence-corrected chi connectivity index (χ4v) is 4.44. The second kappa shape index (κ2) is 7.55. The van der Waals surface area contributed by atoms with E-state index in [1.807, 2.05) is 53.1 Å². The molecule has 2 aliphatic heterocycles. The maximum atomic E-state index is 12.9. The van der Waals surface area contributed by atoms with E-state index < -0.39 is 0 Å². The van der Waals surface area contributed by atoms with E-state index in [1.165, 1.54) is 0 Å². The van der Waals surface area contributed by atoms with Gasteiger partial charge in [0.15, 0.2) is 0 Å². The summed E-state index contributed by atoms with van der Waals surface area (Å²) in [6.45, 7) is 4.15. The second-order valence-corrected chi connectivity index (χ2v) is 7.70. The van der Waals surface area contributed by atoms with E-state index >= 15 is 0 Å². The number of amides is 2. The van der Waals surface area contributed by atoms with Crippen molar-refractivity contribution in [1.29, 1.82) is 0 Å². The summed E-state index contributed by atoms with van der Waals surface area (Å²) in [7, 11) is 0. The summed E-state index contributed by atoms with van der Waals surface area (Å²) >= 11 is 0. The molecular formula is C21H26N4O2. The molecule has 2 saturated heterocycles. The Morgan fingerprint density at radius 3 is 2.74 bits per heavy atom. The zero-order valence-corrected chi connectivity index (χ0v) is 15.7. The first-order valence-electron chi connectivity index (χ1n) is 9.76. The third kappa shape index (κ3) is 3.75. The Kier molecular flexibility index (Phi) is 4.97. The van der Waals surface area contributed by atoms with Crippen molar-refractivity contribution in [1.82, 2.24) is 20.0 Å². The summed E-state index contributed by atoms with van der Waals surface area (Å²) < 4.78 is 0. The minimum absolute atomic E-state index is 0.0121. The molecule has 0 unspecified atom stereocenters. The molecular weight excluding hydrogens is 340 g/mol. The molecule has 6 heteroatoms. The van der Waals surface area contributed by atoms with Crippen LogP contribution in [0.1, 0.15) is 41.0 Å². The number of rotatable bonds is 3. The van der Waals surface area contributed by atoms with Gasteiger partial charge in [-0.1, -0.05) is 30.3 Å². The number of H-pyrrole nitrogens is 1. The normalized spacial score (nSPS) is 22.4. The van der Waals surface area contributed by atoms with Gasteiger partial charge in [-0.2, -0.15) is 5.10 Å². The molecule has 0 aliphatic carbocycles. The summed E-state index contributed by atoms with van der Waals surface area (Å²) in [5.41, 5.74) is 2.45. The average Bonchev–Trinajstić information content (AvgIpc) is 3.13. The van der Waals surface area contributed by atoms with Crippen LogP contribution in [0.25, 0.3) is 0 Å². The predicted octanol–water partition coefficient (Wildman–Crippen LogP) is 2.41. The van der Waals surface area contributed by atoms with E-state index in [4.69, 9.17) is 0 Å². The number of piperidine rings is 2. The monoisotopic (exact) mass is 366 g/mol. The van der Waals surface area contributed by atoms with Crippen molar-refractivity contribution in [2.75, 3.05) is 19.6 Å². The molecule has 4 rings (SSSR count). The Balaban J connectivity index is 1.41. The number of aryl methyl sites for hydroxylation is 1. The van der Waals surface area contributed by atoms with Crippen LogP contribution in [-0.2, 0) is 11.2 Å². The van der Waals surface area contributed by atoms with Crippen molar-refractivity contribution in [3.63, 3.8) is 0 Å². The smallest absolute Gasteiger partial charge is 0.274 e. The molecule has 0 saturated carbocycles. The van der Waals surface area contributed by atoms with Gasteiger partial charge in [0.05, 0.1) is 6.42 Å². The maximum Gasteiger partial charge on any atom is 0.274 e. The van der Waals surface area contributed by atoms with Crippen LogP contribution in [-0.4, -0.2) is 57.5 Å². The predicted molar refractivity (Wildman–Crippen MR) is 102 cm³/mol. The molecule has 2 aliphatic rings. The Labute approximate surface area is 159 Å². The van der Waals surface area contributed by atoms with Gasteiger partial charge in [-0.15, -0.1) is 0 Å². The van der Waals surface area contributed by atoms with Crippen LogP contribution in [0.5, 0.6) is 0 Å². The minimum Gasteiger partial charge on any atom is -0.342 e. The number of carbonyl (C=O) groups is 2. The summed E-state index contributed by atoms with van der Waals surface area (Å²) in [4.78, 5) is 29.6. The zero-order valence-electron chi connectivity index (χ0n) is 15.7. The highest BCUT2D eigenvalue weighted by molar-refractivity contribution is 5.92. The maximum absolute atomic E-state index is 12.9. The number of aromatic amines is 1. The summed E-state index contributed by atoms with van der Waals surface area (Å²) in [5.74, 6) is 0.556. The lowest BCUT2D eigenvalue weighted by Crippen LogP contribution is -2.56. The van der Waals surface area contributed by atoms with Crippen molar-refractivity contribution in [2.24, 2.45) is 5.92 Å². The van der Waals surface area contributed by atoms with E-state index in [-0.39, 0.29) is 17.9 Å². The first kappa shape index (κ1) is 17.8. The SMILES string of the molecule is Cc1cc(C(=O)N2CCC[C@@H]3CN(C(=O)Cc4ccccc4)CC[C@@H]32)n[nH]1. The van der Waals surface area contributed by atoms with Gasteiger partial charge in [-0.3, -0.25) is 14.7 Å². The van der Waals surface area contributed by atoms with Crippen molar-refractivity contribution >= 4 is 11.8 Å². The second-order valence-electron chi connectivity index (χ2n) is 7.70. The third-order valence-corrected chi connectivity index (χ3v) is 5.80. The highest BCUT2D eigenvalue weighted by Crippen LogP contribution is 2.31. The molecule has 0 radical (unpaired) electrons. The van der Waals surface area contributed by atoms with Crippen LogP contribution in [0.15, 0.2) is 36.4 Å². The van der Waals surface area contributed by atoms with Crippen LogP contribution in [0, 0.1) is 12.8 Å². The van der Waals surface area contributed by atoms with Crippen LogP contribution in [0.2, 0.25) is 0 Å². The average molecular weight is 366 g/mol. The van der Waals surface area contributed by atoms with Crippen LogP contribution in [0.3, 0.4) is 0 Å². The number of benzene rings is 1. The lowest BCUT2D eigenvalue weighted by molar-refractivity contribution is -0.133. The van der Waals surface area contributed by atoms with Gasteiger partial charge in [0.1, 0.15) is 5.69 Å². The Morgan fingerprint density at radius 2 is 2.00 bits per heavy atom. The van der Waals surface area contributed by atoms with Gasteiger partial charge < -0.3 is 9.80 Å². The highest BCUT2D eigenvalue weighted by Gasteiger charge is 2.39. The van der Waals surface area contributed by atoms with E-state index in [0.29, 0.717) is 18.0 Å². The largest absolute Gasteiger partial charge is 0.342 e. The summed E-state index contributed by atoms with van der Waals surface area (Å²) in [5, 5.41) is 6.99. The molecule has 0 bridgehead atoms. The number of nitrogens with one attached hydrogen (secondary N) is 1. The number of hydrogen-bond donors (Lipinski definition) is 1. The molecule has 2 atom stereocenters. The summed E-state index contributed by atoms with van der Waals surface area (Å²) in [6, 6.07) is 11.9. The van der Waals surface area contributed by atoms with Crippen LogP contribution >= 0.6 is 0 Å². The molecule has 2 amide bonds. The van der Waals surface area contributed by atoms with Crippen molar-refractivity contribution in [3.8, 4) is 0 Å². The van der Waals surface area contributed by atoms with Crippen molar-refractivity contribution in [2.45, 2.75) is 38.6 Å². The van der Waals surface area contributed by atoms with Gasteiger partial charge >= 0.3 is 0 Å². The highest BCUT2D eigenvalue weighted by atomic mass is 16.2. The zero-order chi connectivity index (χ0) is 18.8. The molecule has 1 aromatic carbocycles. The third-order valence-electron chi connectivity index (χ3n) is 5.80. The number of nitrogens with zero attached hydrogens (tertiary/aromatic N) is 3. The topological polar surface area (TPSA) is 69.3 Å². The molecule has 2 aromatic rings. The molecule has 142 valence electrons. The summed E-state index contributed by atoms with van der Waals surface area (Å²) in [6.07, 6.45) is 3.36. The standard InChI is InChI=1S/C21H26N4O2/c1-15-12-18(23-22-15)21(27)25-10-5-8-17-14-24(11-9-19(17)25)20(26)13-16-6-3-2-4-7-16/h2-4,6-7,12,17,19H,5,8-11,13-14H2,1H3,(H,22,23)/t17-,19+/m1/s1. The van der Waals surface area contributed by atoms with Crippen LogP contribution < -0.4 is 0 Å². The number of carbonyl (C=O) groups excluding carboxylic acids is 2. The fraction of sp³-hybridized carbons (Fsp3) is 0.476. The number of hydrogen-bond acceptors (Lipinski definition) is 3. The Bertz CT molecular complexity index is 817. The van der Waals surface area contributed by atoms with Crippen LogP contribution in [0.4, 0.5) is 0 Å². The molecule has 6 nitrogen and oxygen atoms in total. The quantitative estimate of drug-likeness (QED) is 0.907. The molecule has 27 heavy (non-hydrogen) atoms. The molecule has 1 N–H and O–H groups in total.